The lowest BCUT2D eigenvalue weighted by atomic mass is 9.78. The zero-order valence-electron chi connectivity index (χ0n) is 34.1. The van der Waals surface area contributed by atoms with Crippen molar-refractivity contribution in [2.45, 2.75) is 56.8 Å². The Morgan fingerprint density at radius 1 is 0.803 bits per heavy atom. The van der Waals surface area contributed by atoms with Gasteiger partial charge >= 0.3 is 0 Å². The predicted molar refractivity (Wildman–Crippen MR) is 226 cm³/mol. The second kappa shape index (κ2) is 15.2. The minimum absolute atomic E-state index is 0.0977. The lowest BCUT2D eigenvalue weighted by molar-refractivity contribution is -0.136. The molecule has 0 spiro atoms. The number of halogens is 1. The topological polar surface area (TPSA) is 155 Å². The summed E-state index contributed by atoms with van der Waals surface area (Å²) in [5, 5.41) is 12.2. The van der Waals surface area contributed by atoms with Gasteiger partial charge in [0.1, 0.15) is 18.4 Å². The highest BCUT2D eigenvalue weighted by molar-refractivity contribution is 6.30. The molecule has 1 N–H and O–H groups in total. The summed E-state index contributed by atoms with van der Waals surface area (Å²) in [7, 11) is 0. The zero-order valence-corrected chi connectivity index (χ0v) is 34.8. The van der Waals surface area contributed by atoms with E-state index < -0.39 is 23.8 Å². The molecule has 0 radical (unpaired) electrons. The van der Waals surface area contributed by atoms with Gasteiger partial charge in [-0.25, -0.2) is 9.97 Å². The van der Waals surface area contributed by atoms with Crippen molar-refractivity contribution >= 4 is 46.9 Å². The molecule has 4 amide bonds. The number of hydrogen-bond acceptors (Lipinski definition) is 12. The third-order valence-electron chi connectivity index (χ3n) is 13.8. The van der Waals surface area contributed by atoms with Gasteiger partial charge in [0.05, 0.1) is 28.5 Å². The van der Waals surface area contributed by atoms with Crippen LogP contribution < -0.4 is 19.9 Å². The Morgan fingerprint density at radius 2 is 1.51 bits per heavy atom. The number of ether oxygens (including phenoxy) is 1. The van der Waals surface area contributed by atoms with E-state index in [1.54, 1.807) is 18.2 Å². The summed E-state index contributed by atoms with van der Waals surface area (Å²) in [4.78, 5) is 70.8. The van der Waals surface area contributed by atoms with E-state index in [0.29, 0.717) is 52.2 Å². The zero-order chi connectivity index (χ0) is 42.2. The Morgan fingerprint density at radius 3 is 2.23 bits per heavy atom. The van der Waals surface area contributed by atoms with Crippen molar-refractivity contribution in [1.29, 1.82) is 5.26 Å². The van der Waals surface area contributed by atoms with Gasteiger partial charge in [0.2, 0.25) is 17.8 Å². The summed E-state index contributed by atoms with van der Waals surface area (Å²) in [5.74, 6) is 0.727. The van der Waals surface area contributed by atoms with Crippen LogP contribution in [0, 0.1) is 23.2 Å². The molecule has 4 aromatic rings. The van der Waals surface area contributed by atoms with Crippen molar-refractivity contribution in [3.63, 3.8) is 0 Å². The summed E-state index contributed by atoms with van der Waals surface area (Å²) in [6.07, 6.45) is 2.06. The number of benzene rings is 3. The highest BCUT2D eigenvalue weighted by Crippen LogP contribution is 2.38. The molecule has 7 heterocycles. The van der Waals surface area contributed by atoms with Crippen molar-refractivity contribution < 1.29 is 23.9 Å². The van der Waals surface area contributed by atoms with Gasteiger partial charge in [-0.1, -0.05) is 37.6 Å². The minimum atomic E-state index is -0.965. The molecular weight excluding hydrogens is 794 g/mol. The summed E-state index contributed by atoms with van der Waals surface area (Å²) in [6.45, 7) is 12.4. The largest absolute Gasteiger partial charge is 0.487 e. The van der Waals surface area contributed by atoms with Gasteiger partial charge in [-0.05, 0) is 84.0 Å². The maximum absolute atomic E-state index is 13.3. The van der Waals surface area contributed by atoms with Gasteiger partial charge in [0, 0.05) is 93.2 Å². The van der Waals surface area contributed by atoms with Crippen LogP contribution in [0.25, 0.3) is 0 Å². The quantitative estimate of drug-likeness (QED) is 0.227. The molecular formula is C46H46ClN9O5. The van der Waals surface area contributed by atoms with E-state index in [2.05, 4.69) is 61.9 Å². The van der Waals surface area contributed by atoms with Crippen LogP contribution in [-0.2, 0) is 21.6 Å². The number of nitrogens with zero attached hydrogens (tertiary/aromatic N) is 8. The van der Waals surface area contributed by atoms with Gasteiger partial charge < -0.3 is 14.5 Å². The van der Waals surface area contributed by atoms with E-state index in [4.69, 9.17) is 21.3 Å². The van der Waals surface area contributed by atoms with Crippen LogP contribution in [0.2, 0.25) is 5.02 Å². The fourth-order valence-corrected chi connectivity index (χ4v) is 10.2. The van der Waals surface area contributed by atoms with E-state index >= 15 is 0 Å². The van der Waals surface area contributed by atoms with Crippen molar-refractivity contribution in [2.24, 2.45) is 11.8 Å². The maximum atomic E-state index is 13.3. The first kappa shape index (κ1) is 39.3. The highest BCUT2D eigenvalue weighted by Gasteiger charge is 2.48. The molecule has 3 unspecified atom stereocenters. The fourth-order valence-electron chi connectivity index (χ4n) is 9.98. The average Bonchev–Trinajstić information content (AvgIpc) is 3.87. The molecule has 0 aliphatic carbocycles. The molecule has 5 saturated heterocycles. The number of piperidine rings is 1. The summed E-state index contributed by atoms with van der Waals surface area (Å²) in [5.41, 5.74) is 4.61. The van der Waals surface area contributed by atoms with Gasteiger partial charge in [0.15, 0.2) is 0 Å². The molecule has 6 aliphatic heterocycles. The van der Waals surface area contributed by atoms with E-state index in [0.717, 1.165) is 91.5 Å². The average molecular weight is 840 g/mol. The van der Waals surface area contributed by atoms with Crippen LogP contribution in [0.3, 0.4) is 0 Å². The smallest absolute Gasteiger partial charge is 0.262 e. The molecule has 0 bridgehead atoms. The van der Waals surface area contributed by atoms with Gasteiger partial charge in [-0.2, -0.15) is 5.26 Å². The monoisotopic (exact) mass is 839 g/mol. The maximum Gasteiger partial charge on any atom is 0.262 e. The third kappa shape index (κ3) is 7.18. The van der Waals surface area contributed by atoms with E-state index in [9.17, 15) is 24.4 Å². The Bertz CT molecular complexity index is 2480. The first-order valence-corrected chi connectivity index (χ1v) is 21.4. The number of aromatic nitrogens is 2. The number of imide groups is 2. The van der Waals surface area contributed by atoms with Crippen LogP contribution in [0.5, 0.6) is 5.75 Å². The molecule has 10 rings (SSSR count). The molecule has 6 aliphatic rings. The number of nitrogens with one attached hydrogen (secondary N) is 1. The minimum Gasteiger partial charge on any atom is -0.487 e. The van der Waals surface area contributed by atoms with Crippen LogP contribution in [0.15, 0.2) is 72.9 Å². The summed E-state index contributed by atoms with van der Waals surface area (Å²) >= 11 is 6.31. The SMILES string of the molecule is CC(C)(c1ccc(OCc2ccnc(N3CC4CN(C5CN(C6CN(c7ccc8c(c7)C(=O)N(C7CCC(=O)NC7=O)C8=O)C6)C5)CC4C3)n2)cc1)c1cc(Cl)cc(C#N)c1. The predicted octanol–water partition coefficient (Wildman–Crippen LogP) is 4.25. The first-order valence-electron chi connectivity index (χ1n) is 21.0. The number of likely N-dealkylation sites (tertiary alicyclic amines) is 2. The van der Waals surface area contributed by atoms with Crippen LogP contribution >= 0.6 is 11.6 Å². The number of amides is 4. The molecule has 5 fully saturated rings. The second-order valence-corrected chi connectivity index (χ2v) is 18.3. The molecule has 0 saturated carbocycles. The fraction of sp³-hybridized carbons (Fsp3) is 0.413. The van der Waals surface area contributed by atoms with Gasteiger partial charge in [0.25, 0.3) is 11.8 Å². The summed E-state index contributed by atoms with van der Waals surface area (Å²) < 4.78 is 6.16. The Kier molecular flexibility index (Phi) is 9.81. The lowest BCUT2D eigenvalue weighted by Crippen LogP contribution is -2.69. The Balaban J connectivity index is 0.675. The molecule has 1 aromatic heterocycles. The molecule has 312 valence electrons. The molecule has 3 aromatic carbocycles. The van der Waals surface area contributed by atoms with Gasteiger partial charge in [-0.15, -0.1) is 0 Å². The number of anilines is 2. The number of carbonyl (C=O) groups excluding carboxylic acids is 4. The normalized spacial score (nSPS) is 23.4. The standard InChI is InChI=1S/C46H46ClN9O5/c1-46(2,31-13-27(17-48)14-32(47)15-31)30-3-6-37(7-4-30)61-26-33-11-12-49-45(50-33)55-20-28-18-52(19-29(28)21-55)35-24-54(25-35)36-22-53(23-36)34-5-8-38-39(16-34)44(60)56(43(38)59)40-9-10-41(57)51-42(40)58/h3-8,11-16,28-29,35-36,40H,9-10,18-26H2,1-2H3,(H,51,57,58). The van der Waals surface area contributed by atoms with Crippen LogP contribution in [0.4, 0.5) is 11.6 Å². The van der Waals surface area contributed by atoms with E-state index in [1.807, 2.05) is 42.6 Å². The van der Waals surface area contributed by atoms with Crippen molar-refractivity contribution in [3.05, 3.63) is 111 Å². The Hall–Kier alpha value is -5.88. The van der Waals surface area contributed by atoms with E-state index in [-0.39, 0.29) is 24.2 Å². The molecule has 14 nitrogen and oxygen atoms in total. The lowest BCUT2D eigenvalue weighted by Gasteiger charge is -2.54. The number of rotatable bonds is 10. The summed E-state index contributed by atoms with van der Waals surface area (Å²) in [6, 6.07) is 23.0. The Labute approximate surface area is 359 Å². The first-order chi connectivity index (χ1) is 29.4. The number of nitriles is 1. The molecule has 15 heteroatoms. The third-order valence-corrected chi connectivity index (χ3v) is 14.0. The number of fused-ring (bicyclic) bond motifs is 2. The van der Waals surface area contributed by atoms with Crippen LogP contribution in [-0.4, -0.2) is 119 Å². The van der Waals surface area contributed by atoms with Crippen molar-refractivity contribution in [1.82, 2.24) is 30.0 Å². The van der Waals surface area contributed by atoms with E-state index in [1.165, 1.54) is 0 Å². The second-order valence-electron chi connectivity index (χ2n) is 17.8. The number of hydrogen-bond donors (Lipinski definition) is 1. The number of carbonyl (C=O) groups is 4. The van der Waals surface area contributed by atoms with Crippen molar-refractivity contribution in [3.8, 4) is 11.8 Å². The molecule has 61 heavy (non-hydrogen) atoms. The highest BCUT2D eigenvalue weighted by atomic mass is 35.5. The van der Waals surface area contributed by atoms with Gasteiger partial charge in [-0.3, -0.25) is 39.2 Å². The van der Waals surface area contributed by atoms with Crippen molar-refractivity contribution in [2.75, 3.05) is 62.2 Å². The molecule has 3 atom stereocenters. The van der Waals surface area contributed by atoms with Crippen LogP contribution in [0.1, 0.15) is 69.8 Å².